The van der Waals surface area contributed by atoms with Crippen LogP contribution in [0.25, 0.3) is 0 Å². The Morgan fingerprint density at radius 2 is 2.15 bits per heavy atom. The highest BCUT2D eigenvalue weighted by atomic mass is 19.3. The van der Waals surface area contributed by atoms with E-state index in [1.807, 2.05) is 6.92 Å². The molecule has 0 aliphatic carbocycles. The van der Waals surface area contributed by atoms with E-state index in [-0.39, 0.29) is 13.0 Å². The second-order valence-electron chi connectivity index (χ2n) is 3.39. The molecule has 1 aliphatic rings. The van der Waals surface area contributed by atoms with Gasteiger partial charge in [-0.3, -0.25) is 0 Å². The van der Waals surface area contributed by atoms with Gasteiger partial charge in [-0.05, 0) is 13.3 Å². The summed E-state index contributed by atoms with van der Waals surface area (Å²) in [4.78, 5) is 0. The Balaban J connectivity index is 2.39. The first-order valence-electron chi connectivity index (χ1n) is 4.71. The minimum Gasteiger partial charge on any atom is -0.350 e. The minimum absolute atomic E-state index is 0.0118. The summed E-state index contributed by atoms with van der Waals surface area (Å²) in [7, 11) is 0. The summed E-state index contributed by atoms with van der Waals surface area (Å²) in [6.07, 6.45) is -0.337. The van der Waals surface area contributed by atoms with Gasteiger partial charge in [0.05, 0.1) is 6.61 Å². The summed E-state index contributed by atoms with van der Waals surface area (Å²) in [5.74, 6) is -2.74. The van der Waals surface area contributed by atoms with E-state index in [9.17, 15) is 8.78 Å². The Labute approximate surface area is 77.2 Å². The van der Waals surface area contributed by atoms with Gasteiger partial charge in [-0.2, -0.15) is 0 Å². The summed E-state index contributed by atoms with van der Waals surface area (Å²) in [5, 5.41) is 0. The molecular formula is C9H16F2O2. The third-order valence-corrected chi connectivity index (χ3v) is 2.17. The van der Waals surface area contributed by atoms with Crippen LogP contribution in [0.4, 0.5) is 8.78 Å². The van der Waals surface area contributed by atoms with Gasteiger partial charge in [-0.1, -0.05) is 13.3 Å². The lowest BCUT2D eigenvalue weighted by Crippen LogP contribution is -2.35. The maximum atomic E-state index is 13.3. The van der Waals surface area contributed by atoms with Crippen LogP contribution >= 0.6 is 0 Å². The van der Waals surface area contributed by atoms with Crippen molar-refractivity contribution in [3.63, 3.8) is 0 Å². The number of unbranched alkanes of at least 4 members (excludes halogenated alkanes) is 1. The van der Waals surface area contributed by atoms with Gasteiger partial charge in [0.1, 0.15) is 6.10 Å². The molecule has 4 heteroatoms. The fraction of sp³-hybridized carbons (Fsp3) is 1.00. The second kappa shape index (κ2) is 4.33. The van der Waals surface area contributed by atoms with Crippen molar-refractivity contribution in [2.75, 3.05) is 6.61 Å². The minimum atomic E-state index is -2.74. The maximum Gasteiger partial charge on any atom is 0.276 e. The highest BCUT2D eigenvalue weighted by Gasteiger charge is 2.44. The van der Waals surface area contributed by atoms with Crippen LogP contribution in [0.1, 0.15) is 33.1 Å². The van der Waals surface area contributed by atoms with Crippen LogP contribution in [0.3, 0.4) is 0 Å². The number of rotatable bonds is 4. The molecule has 0 N–H and O–H groups in total. The Kier molecular flexibility index (Phi) is 3.62. The lowest BCUT2D eigenvalue weighted by atomic mass is 10.1. The van der Waals surface area contributed by atoms with Crippen molar-refractivity contribution >= 4 is 0 Å². The summed E-state index contributed by atoms with van der Waals surface area (Å²) in [5.41, 5.74) is 0. The van der Waals surface area contributed by atoms with Crippen LogP contribution in [-0.4, -0.2) is 24.9 Å². The van der Waals surface area contributed by atoms with Gasteiger partial charge in [0.25, 0.3) is 5.92 Å². The van der Waals surface area contributed by atoms with Crippen LogP contribution < -0.4 is 0 Å². The molecule has 1 aliphatic heterocycles. The molecule has 0 aromatic rings. The predicted molar refractivity (Wildman–Crippen MR) is 44.8 cm³/mol. The molecule has 2 atom stereocenters. The summed E-state index contributed by atoms with van der Waals surface area (Å²) < 4.78 is 36.4. The number of ether oxygens (including phenoxy) is 2. The van der Waals surface area contributed by atoms with Gasteiger partial charge in [0, 0.05) is 6.42 Å². The Hall–Kier alpha value is -0.220. The molecule has 2 nitrogen and oxygen atoms in total. The monoisotopic (exact) mass is 194 g/mol. The smallest absolute Gasteiger partial charge is 0.276 e. The molecule has 78 valence electrons. The molecule has 0 bridgehead atoms. The van der Waals surface area contributed by atoms with Crippen LogP contribution in [0.2, 0.25) is 0 Å². The molecule has 2 unspecified atom stereocenters. The van der Waals surface area contributed by atoms with Gasteiger partial charge < -0.3 is 9.47 Å². The van der Waals surface area contributed by atoms with Crippen LogP contribution in [0.5, 0.6) is 0 Å². The van der Waals surface area contributed by atoms with Crippen molar-refractivity contribution in [2.45, 2.75) is 51.4 Å². The zero-order valence-corrected chi connectivity index (χ0v) is 8.06. The summed E-state index contributed by atoms with van der Waals surface area (Å²) in [6, 6.07) is 0. The van der Waals surface area contributed by atoms with Crippen molar-refractivity contribution in [1.82, 2.24) is 0 Å². The van der Waals surface area contributed by atoms with E-state index in [1.165, 1.54) is 0 Å². The van der Waals surface area contributed by atoms with Gasteiger partial charge in [-0.15, -0.1) is 0 Å². The predicted octanol–water partition coefficient (Wildman–Crippen LogP) is 2.57. The van der Waals surface area contributed by atoms with E-state index in [1.54, 1.807) is 6.92 Å². The molecular weight excluding hydrogens is 178 g/mol. The average molecular weight is 194 g/mol. The number of alkyl halides is 2. The Morgan fingerprint density at radius 3 is 2.62 bits per heavy atom. The van der Waals surface area contributed by atoms with E-state index < -0.39 is 18.3 Å². The molecule has 1 saturated heterocycles. The Morgan fingerprint density at radius 1 is 1.46 bits per heavy atom. The zero-order valence-electron chi connectivity index (χ0n) is 8.06. The van der Waals surface area contributed by atoms with Crippen LogP contribution in [0, 0.1) is 0 Å². The molecule has 0 radical (unpaired) electrons. The second-order valence-corrected chi connectivity index (χ2v) is 3.39. The normalized spacial score (nSPS) is 29.5. The fourth-order valence-electron chi connectivity index (χ4n) is 1.33. The van der Waals surface area contributed by atoms with Crippen molar-refractivity contribution < 1.29 is 18.3 Å². The molecule has 13 heavy (non-hydrogen) atoms. The number of hydrogen-bond acceptors (Lipinski definition) is 2. The van der Waals surface area contributed by atoms with Gasteiger partial charge in [0.15, 0.2) is 6.29 Å². The van der Waals surface area contributed by atoms with Crippen molar-refractivity contribution in [3.8, 4) is 0 Å². The van der Waals surface area contributed by atoms with Gasteiger partial charge >= 0.3 is 0 Å². The lowest BCUT2D eigenvalue weighted by molar-refractivity contribution is -0.138. The van der Waals surface area contributed by atoms with Crippen molar-refractivity contribution in [2.24, 2.45) is 0 Å². The van der Waals surface area contributed by atoms with Crippen LogP contribution in [0.15, 0.2) is 0 Å². The first-order chi connectivity index (χ1) is 6.06. The van der Waals surface area contributed by atoms with Crippen molar-refractivity contribution in [3.05, 3.63) is 0 Å². The molecule has 1 fully saturated rings. The van der Waals surface area contributed by atoms with Crippen LogP contribution in [-0.2, 0) is 9.47 Å². The Bertz CT molecular complexity index is 162. The van der Waals surface area contributed by atoms with Gasteiger partial charge in [-0.25, -0.2) is 8.78 Å². The molecule has 0 amide bonds. The van der Waals surface area contributed by atoms with E-state index in [4.69, 9.17) is 9.47 Å². The average Bonchev–Trinajstić information content (AvgIpc) is 2.49. The number of halogens is 2. The standard InChI is InChI=1S/C9H16F2O2/c1-3-4-5-9(10,11)8-6-12-7(2)13-8/h7-8H,3-6H2,1-2H3. The molecule has 1 rings (SSSR count). The molecule has 0 spiro atoms. The third kappa shape index (κ3) is 2.88. The fourth-order valence-corrected chi connectivity index (χ4v) is 1.33. The van der Waals surface area contributed by atoms with E-state index >= 15 is 0 Å². The zero-order chi connectivity index (χ0) is 9.90. The lowest BCUT2D eigenvalue weighted by Gasteiger charge is -2.21. The number of hydrogen-bond donors (Lipinski definition) is 0. The first kappa shape index (κ1) is 10.9. The quantitative estimate of drug-likeness (QED) is 0.684. The molecule has 0 aromatic heterocycles. The molecule has 0 aromatic carbocycles. The van der Waals surface area contributed by atoms with Gasteiger partial charge in [0.2, 0.25) is 0 Å². The largest absolute Gasteiger partial charge is 0.350 e. The van der Waals surface area contributed by atoms with E-state index in [0.29, 0.717) is 6.42 Å². The third-order valence-electron chi connectivity index (χ3n) is 2.17. The first-order valence-corrected chi connectivity index (χ1v) is 4.71. The van der Waals surface area contributed by atoms with E-state index in [0.717, 1.165) is 6.42 Å². The van der Waals surface area contributed by atoms with Crippen molar-refractivity contribution in [1.29, 1.82) is 0 Å². The highest BCUT2D eigenvalue weighted by Crippen LogP contribution is 2.31. The summed E-state index contributed by atoms with van der Waals surface area (Å²) >= 11 is 0. The summed E-state index contributed by atoms with van der Waals surface area (Å²) in [6.45, 7) is 3.54. The SMILES string of the molecule is CCCCC(F)(F)C1COC(C)O1. The molecule has 0 saturated carbocycles. The topological polar surface area (TPSA) is 18.5 Å². The highest BCUT2D eigenvalue weighted by molar-refractivity contribution is 4.80. The van der Waals surface area contributed by atoms with E-state index in [2.05, 4.69) is 0 Å². The maximum absolute atomic E-state index is 13.3. The molecule has 1 heterocycles.